The predicted octanol–water partition coefficient (Wildman–Crippen LogP) is 3.63. The van der Waals surface area contributed by atoms with E-state index in [1.165, 1.54) is 0 Å². The lowest BCUT2D eigenvalue weighted by Crippen LogP contribution is -2.20. The molecule has 0 bridgehead atoms. The molecule has 0 radical (unpaired) electrons. The van der Waals surface area contributed by atoms with Crippen LogP contribution < -0.4 is 14.8 Å². The first kappa shape index (κ1) is 17.4. The average molecular weight is 365 g/mol. The number of hydrogen-bond donors (Lipinski definition) is 1. The molecule has 0 aliphatic carbocycles. The summed E-state index contributed by atoms with van der Waals surface area (Å²) in [7, 11) is 0. The summed E-state index contributed by atoms with van der Waals surface area (Å²) in [5.41, 5.74) is 4.75. The third-order valence-corrected chi connectivity index (χ3v) is 4.61. The molecule has 1 aliphatic rings. The number of hydrogen-bond acceptors (Lipinski definition) is 4. The third kappa shape index (κ3) is 3.47. The molecule has 0 fully saturated rings. The SMILES string of the molecule is CCc1nc2cc3c(cc2n1CC(=O)Nc1cc(C)cc(C)c1)OCCO3. The number of aryl methyl sites for hydroxylation is 3. The van der Waals surface area contributed by atoms with Crippen LogP contribution in [0.25, 0.3) is 11.0 Å². The Balaban J connectivity index is 1.64. The van der Waals surface area contributed by atoms with Gasteiger partial charge in [0.25, 0.3) is 0 Å². The number of amides is 1. The molecule has 0 atom stereocenters. The summed E-state index contributed by atoms with van der Waals surface area (Å²) in [6.07, 6.45) is 0.734. The van der Waals surface area contributed by atoms with Gasteiger partial charge in [-0.2, -0.15) is 0 Å². The van der Waals surface area contributed by atoms with Crippen LogP contribution in [0, 0.1) is 13.8 Å². The van der Waals surface area contributed by atoms with Crippen molar-refractivity contribution in [3.05, 3.63) is 47.3 Å². The molecular formula is C21H23N3O3. The van der Waals surface area contributed by atoms with Crippen molar-refractivity contribution in [3.63, 3.8) is 0 Å². The molecule has 0 spiro atoms. The topological polar surface area (TPSA) is 65.4 Å². The van der Waals surface area contributed by atoms with Gasteiger partial charge in [-0.3, -0.25) is 4.79 Å². The number of imidazole rings is 1. The van der Waals surface area contributed by atoms with Crippen LogP contribution in [-0.4, -0.2) is 28.7 Å². The van der Waals surface area contributed by atoms with Gasteiger partial charge in [0.2, 0.25) is 5.91 Å². The third-order valence-electron chi connectivity index (χ3n) is 4.61. The molecule has 1 aromatic heterocycles. The van der Waals surface area contributed by atoms with Crippen LogP contribution in [0.1, 0.15) is 23.9 Å². The van der Waals surface area contributed by atoms with E-state index in [9.17, 15) is 4.79 Å². The van der Waals surface area contributed by atoms with Crippen LogP contribution in [0.3, 0.4) is 0 Å². The zero-order valence-electron chi connectivity index (χ0n) is 15.8. The van der Waals surface area contributed by atoms with Gasteiger partial charge in [-0.25, -0.2) is 4.98 Å². The highest BCUT2D eigenvalue weighted by Crippen LogP contribution is 2.34. The second-order valence-electron chi connectivity index (χ2n) is 6.88. The van der Waals surface area contributed by atoms with Gasteiger partial charge in [0.05, 0.1) is 11.0 Å². The number of nitrogens with zero attached hydrogens (tertiary/aromatic N) is 2. The highest BCUT2D eigenvalue weighted by molar-refractivity contribution is 5.92. The quantitative estimate of drug-likeness (QED) is 0.767. The van der Waals surface area contributed by atoms with Crippen LogP contribution >= 0.6 is 0 Å². The standard InChI is InChI=1S/C21H23N3O3/c1-4-20-23-16-10-18-19(27-6-5-26-18)11-17(16)24(20)12-21(25)22-15-8-13(2)7-14(3)9-15/h7-11H,4-6,12H2,1-3H3,(H,22,25). The number of benzene rings is 2. The summed E-state index contributed by atoms with van der Waals surface area (Å²) >= 11 is 0. The summed E-state index contributed by atoms with van der Waals surface area (Å²) < 4.78 is 13.3. The highest BCUT2D eigenvalue weighted by atomic mass is 16.6. The molecular weight excluding hydrogens is 342 g/mol. The van der Waals surface area contributed by atoms with E-state index in [4.69, 9.17) is 9.47 Å². The first-order chi connectivity index (χ1) is 13.0. The minimum Gasteiger partial charge on any atom is -0.486 e. The van der Waals surface area contributed by atoms with Crippen molar-refractivity contribution in [1.82, 2.24) is 9.55 Å². The van der Waals surface area contributed by atoms with Crippen molar-refractivity contribution < 1.29 is 14.3 Å². The normalized spacial score (nSPS) is 13.0. The lowest BCUT2D eigenvalue weighted by molar-refractivity contribution is -0.116. The molecule has 2 aromatic carbocycles. The van der Waals surface area contributed by atoms with Crippen LogP contribution in [0.15, 0.2) is 30.3 Å². The fourth-order valence-corrected chi connectivity index (χ4v) is 3.55. The van der Waals surface area contributed by atoms with Gasteiger partial charge in [-0.05, 0) is 37.1 Å². The summed E-state index contributed by atoms with van der Waals surface area (Å²) in [6.45, 7) is 7.34. The van der Waals surface area contributed by atoms with Crippen molar-refractivity contribution >= 4 is 22.6 Å². The number of nitrogens with one attached hydrogen (secondary N) is 1. The van der Waals surface area contributed by atoms with Gasteiger partial charge in [-0.15, -0.1) is 0 Å². The van der Waals surface area contributed by atoms with E-state index >= 15 is 0 Å². The average Bonchev–Trinajstić information content (AvgIpc) is 2.95. The molecule has 0 saturated heterocycles. The van der Waals surface area contributed by atoms with Crippen molar-refractivity contribution in [2.75, 3.05) is 18.5 Å². The molecule has 6 heteroatoms. The van der Waals surface area contributed by atoms with Gasteiger partial charge in [0.1, 0.15) is 25.6 Å². The fourth-order valence-electron chi connectivity index (χ4n) is 3.55. The maximum atomic E-state index is 12.7. The lowest BCUT2D eigenvalue weighted by Gasteiger charge is -2.18. The number of fused-ring (bicyclic) bond motifs is 2. The Labute approximate surface area is 158 Å². The molecule has 0 saturated carbocycles. The Hall–Kier alpha value is -3.02. The lowest BCUT2D eigenvalue weighted by atomic mass is 10.1. The fraction of sp³-hybridized carbons (Fsp3) is 0.333. The van der Waals surface area contributed by atoms with Gasteiger partial charge >= 0.3 is 0 Å². The van der Waals surface area contributed by atoms with Crippen LogP contribution in [0.4, 0.5) is 5.69 Å². The minimum atomic E-state index is -0.0797. The monoisotopic (exact) mass is 365 g/mol. The van der Waals surface area contributed by atoms with E-state index in [2.05, 4.69) is 16.4 Å². The van der Waals surface area contributed by atoms with E-state index in [0.29, 0.717) is 24.7 Å². The number of ether oxygens (including phenoxy) is 2. The Morgan fingerprint density at radius 2 is 1.74 bits per heavy atom. The first-order valence-electron chi connectivity index (χ1n) is 9.20. The van der Waals surface area contributed by atoms with Crippen LogP contribution in [0.5, 0.6) is 11.5 Å². The van der Waals surface area contributed by atoms with E-state index < -0.39 is 0 Å². The number of aromatic nitrogens is 2. The zero-order chi connectivity index (χ0) is 19.0. The maximum absolute atomic E-state index is 12.7. The Bertz CT molecular complexity index is 1000. The summed E-state index contributed by atoms with van der Waals surface area (Å²) in [6, 6.07) is 9.83. The van der Waals surface area contributed by atoms with E-state index in [0.717, 1.165) is 40.1 Å². The second kappa shape index (κ2) is 6.95. The van der Waals surface area contributed by atoms with Crippen molar-refractivity contribution in [3.8, 4) is 11.5 Å². The smallest absolute Gasteiger partial charge is 0.244 e. The van der Waals surface area contributed by atoms with Gasteiger partial charge in [-0.1, -0.05) is 13.0 Å². The molecule has 2 heterocycles. The summed E-state index contributed by atoms with van der Waals surface area (Å²) in [5.74, 6) is 2.19. The summed E-state index contributed by atoms with van der Waals surface area (Å²) in [4.78, 5) is 17.4. The van der Waals surface area contributed by atoms with Crippen molar-refractivity contribution in [1.29, 1.82) is 0 Å². The largest absolute Gasteiger partial charge is 0.486 e. The number of anilines is 1. The minimum absolute atomic E-state index is 0.0797. The molecule has 3 aromatic rings. The molecule has 6 nitrogen and oxygen atoms in total. The van der Waals surface area contributed by atoms with Crippen LogP contribution in [-0.2, 0) is 17.8 Å². The number of carbonyl (C=O) groups excluding carboxylic acids is 1. The maximum Gasteiger partial charge on any atom is 0.244 e. The molecule has 0 unspecified atom stereocenters. The van der Waals surface area contributed by atoms with Gasteiger partial charge in [0, 0.05) is 24.2 Å². The predicted molar refractivity (Wildman–Crippen MR) is 105 cm³/mol. The molecule has 1 amide bonds. The molecule has 27 heavy (non-hydrogen) atoms. The van der Waals surface area contributed by atoms with Crippen LogP contribution in [0.2, 0.25) is 0 Å². The molecule has 4 rings (SSSR count). The van der Waals surface area contributed by atoms with Crippen molar-refractivity contribution in [2.24, 2.45) is 0 Å². The van der Waals surface area contributed by atoms with Crippen molar-refractivity contribution in [2.45, 2.75) is 33.7 Å². The Kier molecular flexibility index (Phi) is 4.48. The van der Waals surface area contributed by atoms with E-state index in [-0.39, 0.29) is 12.5 Å². The summed E-state index contributed by atoms with van der Waals surface area (Å²) in [5, 5.41) is 3.00. The van der Waals surface area contributed by atoms with E-state index in [1.807, 2.05) is 49.6 Å². The Morgan fingerprint density at radius 3 is 2.41 bits per heavy atom. The Morgan fingerprint density at radius 1 is 1.07 bits per heavy atom. The second-order valence-corrected chi connectivity index (χ2v) is 6.88. The zero-order valence-corrected chi connectivity index (χ0v) is 15.8. The first-order valence-corrected chi connectivity index (χ1v) is 9.20. The van der Waals surface area contributed by atoms with E-state index in [1.54, 1.807) is 0 Å². The highest BCUT2D eigenvalue weighted by Gasteiger charge is 2.19. The van der Waals surface area contributed by atoms with Gasteiger partial charge < -0.3 is 19.4 Å². The van der Waals surface area contributed by atoms with Gasteiger partial charge in [0.15, 0.2) is 11.5 Å². The molecule has 1 N–H and O–H groups in total. The number of carbonyl (C=O) groups is 1. The molecule has 140 valence electrons. The molecule has 1 aliphatic heterocycles. The number of rotatable bonds is 4.